The lowest BCUT2D eigenvalue weighted by Gasteiger charge is -2.03. The summed E-state index contributed by atoms with van der Waals surface area (Å²) in [5, 5.41) is 15.0. The summed E-state index contributed by atoms with van der Waals surface area (Å²) >= 11 is 1.58. The molecule has 20 heavy (non-hydrogen) atoms. The molecule has 1 heterocycles. The van der Waals surface area contributed by atoms with Gasteiger partial charge in [0.05, 0.1) is 0 Å². The summed E-state index contributed by atoms with van der Waals surface area (Å²) in [7, 11) is 0. The van der Waals surface area contributed by atoms with Gasteiger partial charge in [0.2, 0.25) is 5.69 Å². The van der Waals surface area contributed by atoms with Gasteiger partial charge in [0.1, 0.15) is 5.01 Å². The molecule has 0 aliphatic carbocycles. The monoisotopic (exact) mass is 280 g/mol. The van der Waals surface area contributed by atoms with Gasteiger partial charge in [-0.15, -0.1) is 11.3 Å². The Morgan fingerprint density at radius 3 is 2.40 bits per heavy atom. The van der Waals surface area contributed by atoms with Crippen LogP contribution in [0.3, 0.4) is 0 Å². The topological polar surface area (TPSA) is 39.0 Å². The summed E-state index contributed by atoms with van der Waals surface area (Å²) in [4.78, 5) is 4.25. The van der Waals surface area contributed by atoms with E-state index in [1.165, 1.54) is 0 Å². The van der Waals surface area contributed by atoms with E-state index < -0.39 is 0 Å². The average Bonchev–Trinajstić information content (AvgIpc) is 3.03. The largest absolute Gasteiger partial charge is 0.618 e. The number of rotatable bonds is 3. The number of thiazole rings is 1. The smallest absolute Gasteiger partial charge is 0.216 e. The zero-order valence-electron chi connectivity index (χ0n) is 10.6. The van der Waals surface area contributed by atoms with Gasteiger partial charge in [0.25, 0.3) is 0 Å². The molecule has 0 unspecified atom stereocenters. The molecule has 1 aromatic heterocycles. The SMILES string of the molecule is [O-]/[N+](=C\c1ccccc1)c1ccc(-c2nccs2)cc1. The molecule has 0 radical (unpaired) electrons. The van der Waals surface area contributed by atoms with E-state index in [0.29, 0.717) is 5.69 Å². The summed E-state index contributed by atoms with van der Waals surface area (Å²) in [5.74, 6) is 0. The van der Waals surface area contributed by atoms with Crippen LogP contribution in [0.2, 0.25) is 0 Å². The molecule has 98 valence electrons. The van der Waals surface area contributed by atoms with Crippen LogP contribution in [0.15, 0.2) is 66.2 Å². The first kappa shape index (κ1) is 12.6. The zero-order chi connectivity index (χ0) is 13.8. The molecular weight excluding hydrogens is 268 g/mol. The van der Waals surface area contributed by atoms with Crippen LogP contribution in [0.4, 0.5) is 5.69 Å². The molecule has 0 aliphatic heterocycles. The molecule has 4 heteroatoms. The summed E-state index contributed by atoms with van der Waals surface area (Å²) in [6.07, 6.45) is 3.34. The van der Waals surface area contributed by atoms with Gasteiger partial charge in [-0.25, -0.2) is 4.98 Å². The van der Waals surface area contributed by atoms with Gasteiger partial charge < -0.3 is 5.21 Å². The number of nitrogens with zero attached hydrogens (tertiary/aromatic N) is 2. The molecule has 0 amide bonds. The normalized spacial score (nSPS) is 11.5. The van der Waals surface area contributed by atoms with Crippen molar-refractivity contribution in [3.05, 3.63) is 76.9 Å². The molecule has 0 N–H and O–H groups in total. The van der Waals surface area contributed by atoms with Crippen LogP contribution in [-0.4, -0.2) is 15.9 Å². The Labute approximate surface area is 121 Å². The molecule has 0 aliphatic rings. The van der Waals surface area contributed by atoms with Crippen molar-refractivity contribution in [2.45, 2.75) is 0 Å². The first-order valence-electron chi connectivity index (χ1n) is 6.19. The maximum atomic E-state index is 12.1. The highest BCUT2D eigenvalue weighted by Gasteiger charge is 2.04. The molecule has 0 bridgehead atoms. The van der Waals surface area contributed by atoms with E-state index in [1.807, 2.05) is 60.0 Å². The van der Waals surface area contributed by atoms with Gasteiger partial charge >= 0.3 is 0 Å². The predicted molar refractivity (Wildman–Crippen MR) is 82.4 cm³/mol. The van der Waals surface area contributed by atoms with Crippen LogP contribution >= 0.6 is 11.3 Å². The lowest BCUT2D eigenvalue weighted by molar-refractivity contribution is -0.354. The fraction of sp³-hybridized carbons (Fsp3) is 0. The minimum Gasteiger partial charge on any atom is -0.618 e. The predicted octanol–water partition coefficient (Wildman–Crippen LogP) is 4.07. The van der Waals surface area contributed by atoms with E-state index in [9.17, 15) is 5.21 Å². The zero-order valence-corrected chi connectivity index (χ0v) is 11.5. The second kappa shape index (κ2) is 5.67. The van der Waals surface area contributed by atoms with Gasteiger partial charge in [0.15, 0.2) is 6.21 Å². The maximum Gasteiger partial charge on any atom is 0.216 e. The Balaban J connectivity index is 1.86. The maximum absolute atomic E-state index is 12.1. The quantitative estimate of drug-likeness (QED) is 0.314. The third kappa shape index (κ3) is 2.75. The van der Waals surface area contributed by atoms with Crippen LogP contribution in [0.5, 0.6) is 0 Å². The molecule has 0 fully saturated rings. The molecule has 0 atom stereocenters. The number of hydrogen-bond acceptors (Lipinski definition) is 3. The van der Waals surface area contributed by atoms with Crippen LogP contribution < -0.4 is 0 Å². The lowest BCUT2D eigenvalue weighted by Crippen LogP contribution is -1.98. The average molecular weight is 280 g/mol. The standard InChI is InChI=1S/C16H12N2OS/c19-18(12-13-4-2-1-3-5-13)15-8-6-14(7-9-15)16-17-10-11-20-16/h1-12H/b18-12-. The van der Waals surface area contributed by atoms with Crippen molar-refractivity contribution >= 4 is 23.2 Å². The number of hydrogen-bond donors (Lipinski definition) is 0. The molecule has 3 nitrogen and oxygen atoms in total. The van der Waals surface area contributed by atoms with E-state index in [-0.39, 0.29) is 0 Å². The van der Waals surface area contributed by atoms with Gasteiger partial charge in [-0.05, 0) is 24.3 Å². The van der Waals surface area contributed by atoms with E-state index in [2.05, 4.69) is 4.98 Å². The van der Waals surface area contributed by atoms with Crippen molar-refractivity contribution in [3.8, 4) is 10.6 Å². The lowest BCUT2D eigenvalue weighted by atomic mass is 10.2. The van der Waals surface area contributed by atoms with Crippen LogP contribution in [-0.2, 0) is 0 Å². The summed E-state index contributed by atoms with van der Waals surface area (Å²) in [6, 6.07) is 17.0. The molecule has 0 saturated heterocycles. The summed E-state index contributed by atoms with van der Waals surface area (Å²) in [5.41, 5.74) is 2.51. The highest BCUT2D eigenvalue weighted by molar-refractivity contribution is 7.13. The van der Waals surface area contributed by atoms with Gasteiger partial charge in [-0.1, -0.05) is 18.2 Å². The fourth-order valence-corrected chi connectivity index (χ4v) is 2.51. The summed E-state index contributed by atoms with van der Waals surface area (Å²) < 4.78 is 0.876. The van der Waals surface area contributed by atoms with E-state index in [1.54, 1.807) is 23.7 Å². The second-order valence-corrected chi connectivity index (χ2v) is 5.14. The van der Waals surface area contributed by atoms with Crippen molar-refractivity contribution in [1.82, 2.24) is 4.98 Å². The Bertz CT molecular complexity index is 704. The third-order valence-electron chi connectivity index (χ3n) is 2.87. The van der Waals surface area contributed by atoms with Crippen molar-refractivity contribution in [1.29, 1.82) is 0 Å². The highest BCUT2D eigenvalue weighted by atomic mass is 32.1. The minimum absolute atomic E-state index is 0.606. The molecule has 0 spiro atoms. The Morgan fingerprint density at radius 1 is 1.00 bits per heavy atom. The van der Waals surface area contributed by atoms with E-state index in [4.69, 9.17) is 0 Å². The van der Waals surface area contributed by atoms with Crippen LogP contribution in [0.25, 0.3) is 10.6 Å². The van der Waals surface area contributed by atoms with E-state index in [0.717, 1.165) is 20.9 Å². The molecule has 3 aromatic rings. The van der Waals surface area contributed by atoms with Gasteiger partial charge in [0, 0.05) is 34.8 Å². The Hall–Kier alpha value is -2.46. The summed E-state index contributed by atoms with van der Waals surface area (Å²) in [6.45, 7) is 0. The second-order valence-electron chi connectivity index (χ2n) is 4.25. The van der Waals surface area contributed by atoms with E-state index >= 15 is 0 Å². The van der Waals surface area contributed by atoms with Crippen molar-refractivity contribution in [2.24, 2.45) is 0 Å². The number of aromatic nitrogens is 1. The Morgan fingerprint density at radius 2 is 1.75 bits per heavy atom. The van der Waals surface area contributed by atoms with Crippen molar-refractivity contribution < 1.29 is 4.74 Å². The minimum atomic E-state index is 0.606. The highest BCUT2D eigenvalue weighted by Crippen LogP contribution is 2.23. The molecule has 3 rings (SSSR count). The Kier molecular flexibility index (Phi) is 3.56. The van der Waals surface area contributed by atoms with Gasteiger partial charge in [-0.2, -0.15) is 4.74 Å². The first-order chi connectivity index (χ1) is 9.83. The molecule has 2 aromatic carbocycles. The van der Waals surface area contributed by atoms with Crippen molar-refractivity contribution in [2.75, 3.05) is 0 Å². The van der Waals surface area contributed by atoms with Gasteiger partial charge in [-0.3, -0.25) is 0 Å². The number of benzene rings is 2. The van der Waals surface area contributed by atoms with Crippen LogP contribution in [0, 0.1) is 5.21 Å². The first-order valence-corrected chi connectivity index (χ1v) is 7.07. The molecular formula is C16H12N2OS. The van der Waals surface area contributed by atoms with Crippen molar-refractivity contribution in [3.63, 3.8) is 0 Å². The molecule has 0 saturated carbocycles. The fourth-order valence-electron chi connectivity index (χ4n) is 1.87. The third-order valence-corrected chi connectivity index (χ3v) is 3.69. The van der Waals surface area contributed by atoms with Crippen LogP contribution in [0.1, 0.15) is 5.56 Å².